The molecule has 0 fully saturated rings. The number of carbonyl (C=O) groups excluding carboxylic acids is 1. The highest BCUT2D eigenvalue weighted by molar-refractivity contribution is 5.91. The molecule has 0 spiro atoms. The van der Waals surface area contributed by atoms with Crippen molar-refractivity contribution in [2.45, 2.75) is 0 Å². The highest BCUT2D eigenvalue weighted by Crippen LogP contribution is 2.16. The molecule has 0 atom stereocenters. The van der Waals surface area contributed by atoms with E-state index < -0.39 is 5.91 Å². The molecule has 0 aliphatic rings. The minimum absolute atomic E-state index is 0.106. The van der Waals surface area contributed by atoms with Gasteiger partial charge in [0.25, 0.3) is 11.5 Å². The first kappa shape index (κ1) is 12.1. The van der Waals surface area contributed by atoms with Gasteiger partial charge in [0.15, 0.2) is 0 Å². The molecule has 100 valence electrons. The van der Waals surface area contributed by atoms with Crippen LogP contribution in [0.4, 0.5) is 0 Å². The Balaban J connectivity index is 2.14. The standard InChI is InChI=1S/C13H11N5O2/c1-17-3-2-8(4-11(17)19)9-5-15-13-16-10(12(14)20)7-18(13)6-9/h2-7H,1H3,(H2,14,20). The van der Waals surface area contributed by atoms with Crippen LogP contribution >= 0.6 is 0 Å². The maximum atomic E-state index is 11.6. The van der Waals surface area contributed by atoms with Crippen LogP contribution in [0, 0.1) is 0 Å². The smallest absolute Gasteiger partial charge is 0.268 e. The van der Waals surface area contributed by atoms with Gasteiger partial charge in [-0.1, -0.05) is 0 Å². The SMILES string of the molecule is Cn1ccc(-c2cnc3nc(C(N)=O)cn3c2)cc1=O. The number of imidazole rings is 1. The van der Waals surface area contributed by atoms with Crippen LogP contribution in [0.3, 0.4) is 0 Å². The zero-order chi connectivity index (χ0) is 14.3. The fourth-order valence-corrected chi connectivity index (χ4v) is 1.88. The minimum Gasteiger partial charge on any atom is -0.364 e. The van der Waals surface area contributed by atoms with Crippen LogP contribution in [-0.2, 0) is 7.05 Å². The average Bonchev–Trinajstić information content (AvgIpc) is 2.85. The van der Waals surface area contributed by atoms with E-state index in [0.29, 0.717) is 5.78 Å². The third-order valence-corrected chi connectivity index (χ3v) is 3.00. The van der Waals surface area contributed by atoms with Crippen molar-refractivity contribution in [3.8, 4) is 11.1 Å². The van der Waals surface area contributed by atoms with Crippen LogP contribution in [-0.4, -0.2) is 24.8 Å². The lowest BCUT2D eigenvalue weighted by Crippen LogP contribution is -2.14. The Hall–Kier alpha value is -2.96. The highest BCUT2D eigenvalue weighted by atomic mass is 16.1. The Bertz CT molecular complexity index is 878. The van der Waals surface area contributed by atoms with Crippen molar-refractivity contribution in [2.24, 2.45) is 12.8 Å². The summed E-state index contributed by atoms with van der Waals surface area (Å²) in [6.45, 7) is 0. The van der Waals surface area contributed by atoms with E-state index in [1.54, 1.807) is 30.0 Å². The number of aryl methyl sites for hydroxylation is 1. The Labute approximate surface area is 113 Å². The second-order valence-corrected chi connectivity index (χ2v) is 4.40. The number of pyridine rings is 1. The van der Waals surface area contributed by atoms with Crippen molar-refractivity contribution >= 4 is 11.7 Å². The van der Waals surface area contributed by atoms with Crippen molar-refractivity contribution in [2.75, 3.05) is 0 Å². The molecule has 0 saturated heterocycles. The van der Waals surface area contributed by atoms with E-state index in [9.17, 15) is 9.59 Å². The first-order chi connectivity index (χ1) is 9.54. The van der Waals surface area contributed by atoms with Crippen molar-refractivity contribution in [1.29, 1.82) is 0 Å². The van der Waals surface area contributed by atoms with E-state index in [1.807, 2.05) is 6.07 Å². The summed E-state index contributed by atoms with van der Waals surface area (Å²) < 4.78 is 3.09. The van der Waals surface area contributed by atoms with Crippen molar-refractivity contribution < 1.29 is 4.79 Å². The number of fused-ring (bicyclic) bond motifs is 1. The van der Waals surface area contributed by atoms with Crippen LogP contribution in [0.5, 0.6) is 0 Å². The summed E-state index contributed by atoms with van der Waals surface area (Å²) in [6, 6.07) is 3.34. The molecular weight excluding hydrogens is 258 g/mol. The van der Waals surface area contributed by atoms with Gasteiger partial charge in [-0.05, 0) is 11.6 Å². The topological polar surface area (TPSA) is 95.3 Å². The average molecular weight is 269 g/mol. The van der Waals surface area contributed by atoms with E-state index in [2.05, 4.69) is 9.97 Å². The molecule has 3 aromatic rings. The van der Waals surface area contributed by atoms with Gasteiger partial charge in [-0.15, -0.1) is 0 Å². The number of carbonyl (C=O) groups is 1. The quantitative estimate of drug-likeness (QED) is 0.718. The van der Waals surface area contributed by atoms with Gasteiger partial charge in [0.05, 0.1) is 0 Å². The lowest BCUT2D eigenvalue weighted by atomic mass is 10.1. The fraction of sp³-hybridized carbons (Fsp3) is 0.0769. The molecule has 3 rings (SSSR count). The molecule has 1 amide bonds. The molecule has 3 heterocycles. The zero-order valence-corrected chi connectivity index (χ0v) is 10.6. The number of aromatic nitrogens is 4. The van der Waals surface area contributed by atoms with Gasteiger partial charge in [-0.25, -0.2) is 9.97 Å². The van der Waals surface area contributed by atoms with E-state index >= 15 is 0 Å². The number of rotatable bonds is 2. The predicted molar refractivity (Wildman–Crippen MR) is 72.2 cm³/mol. The largest absolute Gasteiger partial charge is 0.364 e. The molecule has 0 unspecified atom stereocenters. The van der Waals surface area contributed by atoms with Gasteiger partial charge in [0.2, 0.25) is 5.78 Å². The van der Waals surface area contributed by atoms with Gasteiger partial charge in [-0.3, -0.25) is 14.0 Å². The first-order valence-electron chi connectivity index (χ1n) is 5.86. The molecule has 7 heteroatoms. The number of hydrogen-bond acceptors (Lipinski definition) is 4. The lowest BCUT2D eigenvalue weighted by molar-refractivity contribution is 0.0996. The predicted octanol–water partition coefficient (Wildman–Crippen LogP) is 0.194. The maximum Gasteiger partial charge on any atom is 0.268 e. The van der Waals surface area contributed by atoms with Crippen molar-refractivity contribution in [1.82, 2.24) is 18.9 Å². The second kappa shape index (κ2) is 4.30. The zero-order valence-electron chi connectivity index (χ0n) is 10.6. The third kappa shape index (κ3) is 1.95. The molecule has 0 aromatic carbocycles. The third-order valence-electron chi connectivity index (χ3n) is 3.00. The maximum absolute atomic E-state index is 11.6. The lowest BCUT2D eigenvalue weighted by Gasteiger charge is -2.03. The fourth-order valence-electron chi connectivity index (χ4n) is 1.88. The Morgan fingerprint density at radius 3 is 2.80 bits per heavy atom. The van der Waals surface area contributed by atoms with Gasteiger partial charge in [-0.2, -0.15) is 0 Å². The van der Waals surface area contributed by atoms with E-state index in [4.69, 9.17) is 5.73 Å². The molecular formula is C13H11N5O2. The van der Waals surface area contributed by atoms with Gasteiger partial charge >= 0.3 is 0 Å². The molecule has 0 radical (unpaired) electrons. The minimum atomic E-state index is -0.606. The summed E-state index contributed by atoms with van der Waals surface area (Å²) in [6.07, 6.45) is 6.54. The normalized spacial score (nSPS) is 10.8. The molecule has 3 aromatic heterocycles. The van der Waals surface area contributed by atoms with Crippen LogP contribution in [0.1, 0.15) is 10.5 Å². The van der Waals surface area contributed by atoms with Gasteiger partial charge < -0.3 is 10.3 Å². The summed E-state index contributed by atoms with van der Waals surface area (Å²) in [5.74, 6) is -0.225. The molecule has 0 aliphatic carbocycles. The Kier molecular flexibility index (Phi) is 2.60. The summed E-state index contributed by atoms with van der Waals surface area (Å²) in [5, 5.41) is 0. The number of nitrogens with zero attached hydrogens (tertiary/aromatic N) is 4. The number of hydrogen-bond donors (Lipinski definition) is 1. The summed E-state index contributed by atoms with van der Waals surface area (Å²) in [5.41, 5.74) is 6.72. The monoisotopic (exact) mass is 269 g/mol. The van der Waals surface area contributed by atoms with Crippen LogP contribution in [0.2, 0.25) is 0 Å². The molecule has 2 N–H and O–H groups in total. The highest BCUT2D eigenvalue weighted by Gasteiger charge is 2.09. The van der Waals surface area contributed by atoms with Crippen LogP contribution in [0.25, 0.3) is 16.9 Å². The van der Waals surface area contributed by atoms with Crippen molar-refractivity contribution in [3.63, 3.8) is 0 Å². The number of primary amides is 1. The van der Waals surface area contributed by atoms with Crippen LogP contribution < -0.4 is 11.3 Å². The van der Waals surface area contributed by atoms with Gasteiger partial charge in [0.1, 0.15) is 5.69 Å². The Morgan fingerprint density at radius 1 is 1.30 bits per heavy atom. The summed E-state index contributed by atoms with van der Waals surface area (Å²) in [4.78, 5) is 30.9. The Morgan fingerprint density at radius 2 is 2.10 bits per heavy atom. The number of nitrogens with two attached hydrogens (primary N) is 1. The van der Waals surface area contributed by atoms with Crippen molar-refractivity contribution in [3.05, 3.63) is 53.0 Å². The summed E-state index contributed by atoms with van der Waals surface area (Å²) >= 11 is 0. The molecule has 20 heavy (non-hydrogen) atoms. The first-order valence-corrected chi connectivity index (χ1v) is 5.86. The van der Waals surface area contributed by atoms with E-state index in [-0.39, 0.29) is 11.3 Å². The number of amides is 1. The van der Waals surface area contributed by atoms with Gasteiger partial charge in [0, 0.05) is 43.5 Å². The summed E-state index contributed by atoms with van der Waals surface area (Å²) in [7, 11) is 1.68. The molecule has 7 nitrogen and oxygen atoms in total. The molecule has 0 saturated carbocycles. The molecule has 0 aliphatic heterocycles. The van der Waals surface area contributed by atoms with E-state index in [0.717, 1.165) is 11.1 Å². The van der Waals surface area contributed by atoms with Crippen LogP contribution in [0.15, 0.2) is 41.7 Å². The second-order valence-electron chi connectivity index (χ2n) is 4.40. The molecule has 0 bridgehead atoms. The van der Waals surface area contributed by atoms with E-state index in [1.165, 1.54) is 16.8 Å².